The standard InChI is InChI=1S/C28H24F7NO4/c1-14(16-6-19(27(30,31)32)11-20(7-16)28(33,34)35)40-23-12-36-22(26(23)15-2-4-21(29)5-3-15)8-17(9-24(36)37)18-10-25(38)39-13-18/h2-8,11,14,18,22-23,26H,9-10,12-13H2,1H3/t14-,18?,22?,23?,26+/m1/s1. The van der Waals surface area contributed by atoms with Crippen LogP contribution in [0, 0.1) is 11.7 Å². The van der Waals surface area contributed by atoms with Gasteiger partial charge in [0.05, 0.1) is 42.4 Å². The quantitative estimate of drug-likeness (QED) is 0.244. The minimum Gasteiger partial charge on any atom is -0.465 e. The molecule has 2 fully saturated rings. The Bertz CT molecular complexity index is 1300. The minimum atomic E-state index is -5.01. The van der Waals surface area contributed by atoms with Gasteiger partial charge in [-0.25, -0.2) is 4.39 Å². The van der Waals surface area contributed by atoms with Crippen LogP contribution in [0.1, 0.15) is 54.0 Å². The number of benzene rings is 2. The van der Waals surface area contributed by atoms with E-state index in [-0.39, 0.29) is 55.4 Å². The van der Waals surface area contributed by atoms with Crippen LogP contribution in [0.2, 0.25) is 0 Å². The van der Waals surface area contributed by atoms with Gasteiger partial charge in [-0.05, 0) is 48.4 Å². The molecular weight excluding hydrogens is 547 g/mol. The Morgan fingerprint density at radius 2 is 1.60 bits per heavy atom. The molecule has 3 unspecified atom stereocenters. The van der Waals surface area contributed by atoms with Crippen LogP contribution >= 0.6 is 0 Å². The zero-order valence-corrected chi connectivity index (χ0v) is 21.1. The van der Waals surface area contributed by atoms with Gasteiger partial charge in [0.15, 0.2) is 0 Å². The van der Waals surface area contributed by atoms with Gasteiger partial charge >= 0.3 is 18.3 Å². The molecule has 1 amide bonds. The van der Waals surface area contributed by atoms with Crippen LogP contribution in [-0.4, -0.2) is 42.1 Å². The lowest BCUT2D eigenvalue weighted by Gasteiger charge is -2.32. The predicted octanol–water partition coefficient (Wildman–Crippen LogP) is 6.20. The molecule has 0 saturated carbocycles. The van der Waals surface area contributed by atoms with Gasteiger partial charge in [0.1, 0.15) is 5.82 Å². The lowest BCUT2D eigenvalue weighted by Crippen LogP contribution is -2.40. The normalized spacial score (nSPS) is 26.0. The number of nitrogens with zero attached hydrogens (tertiary/aromatic N) is 1. The van der Waals surface area contributed by atoms with Crippen molar-refractivity contribution in [1.29, 1.82) is 0 Å². The van der Waals surface area contributed by atoms with Crippen LogP contribution in [0.3, 0.4) is 0 Å². The summed E-state index contributed by atoms with van der Waals surface area (Å²) in [5.74, 6) is -2.03. The predicted molar refractivity (Wildman–Crippen MR) is 126 cm³/mol. The third-order valence-corrected chi connectivity index (χ3v) is 7.66. The van der Waals surface area contributed by atoms with Crippen LogP contribution in [0.15, 0.2) is 54.1 Å². The van der Waals surface area contributed by atoms with Gasteiger partial charge in [0.2, 0.25) is 5.91 Å². The summed E-state index contributed by atoms with van der Waals surface area (Å²) in [6, 6.07) is 6.16. The maximum atomic E-state index is 13.7. The van der Waals surface area contributed by atoms with Crippen LogP contribution in [0.25, 0.3) is 0 Å². The van der Waals surface area contributed by atoms with Crippen LogP contribution in [-0.2, 0) is 31.4 Å². The molecular formula is C28H24F7NO4. The number of hydrogen-bond donors (Lipinski definition) is 0. The largest absolute Gasteiger partial charge is 0.465 e. The first-order chi connectivity index (χ1) is 18.7. The maximum Gasteiger partial charge on any atom is 0.416 e. The Kier molecular flexibility index (Phi) is 7.18. The molecule has 0 radical (unpaired) electrons. The number of halogens is 7. The number of esters is 1. The second-order valence-electron chi connectivity index (χ2n) is 10.3. The number of cyclic esters (lactones) is 1. The number of ether oxygens (including phenoxy) is 2. The fraction of sp³-hybridized carbons (Fsp3) is 0.429. The highest BCUT2D eigenvalue weighted by molar-refractivity contribution is 5.82. The Hall–Kier alpha value is -3.41. The van der Waals surface area contributed by atoms with Gasteiger partial charge in [-0.2, -0.15) is 26.3 Å². The first-order valence-electron chi connectivity index (χ1n) is 12.6. The zero-order chi connectivity index (χ0) is 29.0. The average Bonchev–Trinajstić information content (AvgIpc) is 3.47. The summed E-state index contributed by atoms with van der Waals surface area (Å²) in [5.41, 5.74) is -1.94. The van der Waals surface area contributed by atoms with Gasteiger partial charge in [0.25, 0.3) is 0 Å². The fourth-order valence-electron chi connectivity index (χ4n) is 5.67. The van der Waals surface area contributed by atoms with E-state index in [2.05, 4.69) is 0 Å². The van der Waals surface area contributed by atoms with Crippen molar-refractivity contribution in [2.75, 3.05) is 13.2 Å². The second kappa shape index (κ2) is 10.2. The van der Waals surface area contributed by atoms with E-state index >= 15 is 0 Å². The van der Waals surface area contributed by atoms with Crippen molar-refractivity contribution in [3.63, 3.8) is 0 Å². The molecule has 3 aliphatic rings. The van der Waals surface area contributed by atoms with Gasteiger partial charge in [-0.3, -0.25) is 9.59 Å². The molecule has 40 heavy (non-hydrogen) atoms. The molecule has 2 saturated heterocycles. The molecule has 214 valence electrons. The van der Waals surface area contributed by atoms with E-state index in [0.717, 1.165) is 0 Å². The molecule has 0 aromatic heterocycles. The van der Waals surface area contributed by atoms with Gasteiger partial charge < -0.3 is 14.4 Å². The molecule has 0 bridgehead atoms. The van der Waals surface area contributed by atoms with Gasteiger partial charge in [-0.1, -0.05) is 23.8 Å². The summed E-state index contributed by atoms with van der Waals surface area (Å²) >= 11 is 0. The number of alkyl halides is 6. The second-order valence-corrected chi connectivity index (χ2v) is 10.3. The fourth-order valence-corrected chi connectivity index (χ4v) is 5.67. The van der Waals surface area contributed by atoms with Gasteiger partial charge in [0, 0.05) is 24.8 Å². The number of carbonyl (C=O) groups excluding carboxylic acids is 2. The van der Waals surface area contributed by atoms with Crippen molar-refractivity contribution in [2.45, 2.75) is 56.3 Å². The van der Waals surface area contributed by atoms with E-state index in [9.17, 15) is 40.3 Å². The number of hydrogen-bond acceptors (Lipinski definition) is 4. The van der Waals surface area contributed by atoms with Crippen LogP contribution < -0.4 is 0 Å². The highest BCUT2D eigenvalue weighted by Crippen LogP contribution is 2.44. The lowest BCUT2D eigenvalue weighted by atomic mass is 9.84. The molecule has 2 aromatic rings. The molecule has 5 nitrogen and oxygen atoms in total. The Balaban J connectivity index is 1.50. The average molecular weight is 571 g/mol. The maximum absolute atomic E-state index is 13.7. The van der Waals surface area contributed by atoms with Gasteiger partial charge in [-0.15, -0.1) is 0 Å². The molecule has 5 rings (SSSR count). The molecule has 3 aliphatic heterocycles. The molecule has 0 N–H and O–H groups in total. The van der Waals surface area contributed by atoms with Crippen molar-refractivity contribution in [1.82, 2.24) is 4.90 Å². The SMILES string of the molecule is C[C@@H](OC1CN2C(=O)CC(C3COC(=O)C3)=CC2[C@@H]1c1ccc(F)cc1)c1cc(C(F)(F)F)cc(C(F)(F)F)c1. The van der Waals surface area contributed by atoms with E-state index in [1.807, 2.05) is 6.08 Å². The molecule has 3 heterocycles. The summed E-state index contributed by atoms with van der Waals surface area (Å²) in [7, 11) is 0. The molecule has 5 atom stereocenters. The highest BCUT2D eigenvalue weighted by Gasteiger charge is 2.48. The Labute approximate surface area is 224 Å². The number of fused-ring (bicyclic) bond motifs is 1. The molecule has 0 spiro atoms. The Morgan fingerprint density at radius 1 is 0.975 bits per heavy atom. The van der Waals surface area contributed by atoms with Crippen molar-refractivity contribution in [3.05, 3.63) is 82.2 Å². The van der Waals surface area contributed by atoms with Crippen LogP contribution in [0.4, 0.5) is 30.7 Å². The number of rotatable bonds is 5. The highest BCUT2D eigenvalue weighted by atomic mass is 19.4. The van der Waals surface area contributed by atoms with Crippen molar-refractivity contribution < 1.29 is 49.8 Å². The van der Waals surface area contributed by atoms with Crippen LogP contribution in [0.5, 0.6) is 0 Å². The van der Waals surface area contributed by atoms with E-state index in [4.69, 9.17) is 9.47 Å². The lowest BCUT2D eigenvalue weighted by molar-refractivity contribution is -0.143. The van der Waals surface area contributed by atoms with E-state index in [1.165, 1.54) is 31.2 Å². The molecule has 0 aliphatic carbocycles. The molecule has 2 aromatic carbocycles. The summed E-state index contributed by atoms with van der Waals surface area (Å²) in [6.45, 7) is 1.50. The van der Waals surface area contributed by atoms with E-state index in [1.54, 1.807) is 4.90 Å². The summed E-state index contributed by atoms with van der Waals surface area (Å²) in [4.78, 5) is 26.4. The monoisotopic (exact) mass is 571 g/mol. The summed E-state index contributed by atoms with van der Waals surface area (Å²) < 4.78 is 106. The van der Waals surface area contributed by atoms with Crippen molar-refractivity contribution in [3.8, 4) is 0 Å². The smallest absolute Gasteiger partial charge is 0.416 e. The zero-order valence-electron chi connectivity index (χ0n) is 21.1. The van der Waals surface area contributed by atoms with E-state index in [0.29, 0.717) is 23.3 Å². The third-order valence-electron chi connectivity index (χ3n) is 7.66. The van der Waals surface area contributed by atoms with Crippen molar-refractivity contribution in [2.24, 2.45) is 5.92 Å². The number of amides is 1. The van der Waals surface area contributed by atoms with Crippen molar-refractivity contribution >= 4 is 11.9 Å². The number of carbonyl (C=O) groups is 2. The van der Waals surface area contributed by atoms with E-state index < -0.39 is 53.5 Å². The minimum absolute atomic E-state index is 0.0187. The molecule has 12 heteroatoms. The summed E-state index contributed by atoms with van der Waals surface area (Å²) in [6.07, 6.45) is -10.1. The first-order valence-corrected chi connectivity index (χ1v) is 12.6. The summed E-state index contributed by atoms with van der Waals surface area (Å²) in [5, 5.41) is 0. The topological polar surface area (TPSA) is 55.8 Å². The third kappa shape index (κ3) is 5.59. The first kappa shape index (κ1) is 28.1. The Morgan fingerprint density at radius 3 is 2.15 bits per heavy atom.